The van der Waals surface area contributed by atoms with Crippen molar-refractivity contribution in [2.75, 3.05) is 6.61 Å². The van der Waals surface area contributed by atoms with Crippen molar-refractivity contribution in [3.8, 4) is 5.75 Å². The van der Waals surface area contributed by atoms with Crippen LogP contribution >= 0.6 is 0 Å². The molecule has 4 rings (SSSR count). The molecule has 2 aliphatic rings. The van der Waals surface area contributed by atoms with Gasteiger partial charge in [-0.2, -0.15) is 0 Å². The molecule has 30 heavy (non-hydrogen) atoms. The second kappa shape index (κ2) is 9.45. The molecule has 5 unspecified atom stereocenters. The molecule has 5 heteroatoms. The summed E-state index contributed by atoms with van der Waals surface area (Å²) < 4.78 is 11.8. The largest absolute Gasteiger partial charge is 0.491 e. The summed E-state index contributed by atoms with van der Waals surface area (Å²) in [5.41, 5.74) is 1.45. The molecular weight excluding hydrogens is 380 g/mol. The van der Waals surface area contributed by atoms with Crippen LogP contribution in [-0.4, -0.2) is 41.1 Å². The van der Waals surface area contributed by atoms with Crippen LogP contribution in [0.15, 0.2) is 66.7 Å². The Morgan fingerprint density at radius 1 is 1.10 bits per heavy atom. The number of aliphatic hydroxyl groups excluding tert-OH is 1. The molecule has 5 atom stereocenters. The SMILES string of the molecule is O=C(O)c1ccc(CCC2C3CCC(O3)C2C=CC(O)COc2ccccc2)cc1. The summed E-state index contributed by atoms with van der Waals surface area (Å²) in [4.78, 5) is 11.0. The van der Waals surface area contributed by atoms with Crippen molar-refractivity contribution in [1.29, 1.82) is 0 Å². The van der Waals surface area contributed by atoms with Gasteiger partial charge in [0.15, 0.2) is 0 Å². The molecule has 5 nitrogen and oxygen atoms in total. The van der Waals surface area contributed by atoms with Crippen molar-refractivity contribution in [3.05, 3.63) is 77.9 Å². The Morgan fingerprint density at radius 2 is 1.83 bits per heavy atom. The van der Waals surface area contributed by atoms with Gasteiger partial charge in [0, 0.05) is 5.92 Å². The Morgan fingerprint density at radius 3 is 2.57 bits per heavy atom. The van der Waals surface area contributed by atoms with E-state index < -0.39 is 12.1 Å². The van der Waals surface area contributed by atoms with E-state index in [1.54, 1.807) is 12.1 Å². The summed E-state index contributed by atoms with van der Waals surface area (Å²) in [5, 5.41) is 19.3. The van der Waals surface area contributed by atoms with Crippen LogP contribution in [0.4, 0.5) is 0 Å². The highest BCUT2D eigenvalue weighted by atomic mass is 16.5. The van der Waals surface area contributed by atoms with Crippen LogP contribution in [0.5, 0.6) is 5.75 Å². The summed E-state index contributed by atoms with van der Waals surface area (Å²) in [6, 6.07) is 16.6. The predicted molar refractivity (Wildman–Crippen MR) is 114 cm³/mol. The molecule has 2 heterocycles. The molecule has 0 saturated carbocycles. The minimum Gasteiger partial charge on any atom is -0.491 e. The van der Waals surface area contributed by atoms with Gasteiger partial charge < -0.3 is 19.7 Å². The molecule has 0 aromatic heterocycles. The van der Waals surface area contributed by atoms with Gasteiger partial charge in [0.2, 0.25) is 0 Å². The van der Waals surface area contributed by atoms with Gasteiger partial charge >= 0.3 is 5.97 Å². The topological polar surface area (TPSA) is 76.0 Å². The average Bonchev–Trinajstić information content (AvgIpc) is 3.37. The molecule has 0 aliphatic carbocycles. The first-order chi connectivity index (χ1) is 14.6. The summed E-state index contributed by atoms with van der Waals surface area (Å²) >= 11 is 0. The number of hydrogen-bond donors (Lipinski definition) is 2. The maximum atomic E-state index is 11.0. The quantitative estimate of drug-likeness (QED) is 0.611. The van der Waals surface area contributed by atoms with Crippen molar-refractivity contribution in [1.82, 2.24) is 0 Å². The van der Waals surface area contributed by atoms with Gasteiger partial charge in [-0.3, -0.25) is 0 Å². The number of ether oxygens (including phenoxy) is 2. The Hall–Kier alpha value is -2.63. The van der Waals surface area contributed by atoms with E-state index >= 15 is 0 Å². The van der Waals surface area contributed by atoms with E-state index in [1.165, 1.54) is 0 Å². The molecule has 2 N–H and O–H groups in total. The Kier molecular flexibility index (Phi) is 6.50. The van der Waals surface area contributed by atoms with Crippen molar-refractivity contribution < 1.29 is 24.5 Å². The van der Waals surface area contributed by atoms with E-state index in [4.69, 9.17) is 14.6 Å². The van der Waals surface area contributed by atoms with E-state index in [1.807, 2.05) is 48.5 Å². The summed E-state index contributed by atoms with van der Waals surface area (Å²) in [6.45, 7) is 0.225. The third-order valence-corrected chi connectivity index (χ3v) is 6.17. The fourth-order valence-electron chi connectivity index (χ4n) is 4.61. The number of aryl methyl sites for hydroxylation is 1. The standard InChI is InChI=1S/C25H28O5/c26-19(16-29-20-4-2-1-3-5-20)11-13-22-21(23-14-15-24(22)30-23)12-8-17-6-9-18(10-7-17)25(27)28/h1-7,9-11,13,19,21-24,26H,8,12,14-16H2,(H,27,28). The monoisotopic (exact) mass is 408 g/mol. The number of carboxylic acids is 1. The van der Waals surface area contributed by atoms with Gasteiger partial charge in [-0.25, -0.2) is 4.79 Å². The molecule has 2 fully saturated rings. The molecule has 0 spiro atoms. The zero-order valence-electron chi connectivity index (χ0n) is 16.9. The summed E-state index contributed by atoms with van der Waals surface area (Å²) in [6.07, 6.45) is 7.84. The summed E-state index contributed by atoms with van der Waals surface area (Å²) in [7, 11) is 0. The third-order valence-electron chi connectivity index (χ3n) is 6.17. The Labute approximate surface area is 177 Å². The summed E-state index contributed by atoms with van der Waals surface area (Å²) in [5.74, 6) is 0.567. The second-order valence-electron chi connectivity index (χ2n) is 8.15. The molecule has 2 bridgehead atoms. The van der Waals surface area contributed by atoms with Gasteiger partial charge in [-0.05, 0) is 61.4 Å². The number of benzene rings is 2. The number of carbonyl (C=O) groups is 1. The van der Waals surface area contributed by atoms with Crippen LogP contribution < -0.4 is 4.74 Å². The zero-order valence-corrected chi connectivity index (χ0v) is 16.9. The molecule has 0 amide bonds. The number of para-hydroxylation sites is 1. The predicted octanol–water partition coefficient (Wildman–Crippen LogP) is 4.11. The van der Waals surface area contributed by atoms with Crippen LogP contribution in [0.3, 0.4) is 0 Å². The van der Waals surface area contributed by atoms with Crippen LogP contribution in [0.25, 0.3) is 0 Å². The lowest BCUT2D eigenvalue weighted by Crippen LogP contribution is -2.27. The zero-order chi connectivity index (χ0) is 20.9. The van der Waals surface area contributed by atoms with Crippen LogP contribution in [0.1, 0.15) is 35.2 Å². The lowest BCUT2D eigenvalue weighted by molar-refractivity contribution is 0.0697. The first-order valence-electron chi connectivity index (χ1n) is 10.6. The second-order valence-corrected chi connectivity index (χ2v) is 8.15. The fraction of sp³-hybridized carbons (Fsp3) is 0.400. The number of rotatable bonds is 9. The molecule has 2 aliphatic heterocycles. The Bertz CT molecular complexity index is 861. The minimum atomic E-state index is -0.900. The van der Waals surface area contributed by atoms with Gasteiger partial charge in [-0.15, -0.1) is 0 Å². The normalized spacial score (nSPS) is 26.2. The first kappa shape index (κ1) is 20.6. The molecule has 0 radical (unpaired) electrons. The van der Waals surface area contributed by atoms with E-state index in [0.29, 0.717) is 17.4 Å². The van der Waals surface area contributed by atoms with Gasteiger partial charge in [0.1, 0.15) is 18.5 Å². The highest BCUT2D eigenvalue weighted by molar-refractivity contribution is 5.87. The minimum absolute atomic E-state index is 0.225. The van der Waals surface area contributed by atoms with Crippen LogP contribution in [0, 0.1) is 11.8 Å². The molecule has 2 aromatic rings. The average molecular weight is 408 g/mol. The van der Waals surface area contributed by atoms with Crippen molar-refractivity contribution in [3.63, 3.8) is 0 Å². The smallest absolute Gasteiger partial charge is 0.335 e. The highest BCUT2D eigenvalue weighted by Gasteiger charge is 2.47. The van der Waals surface area contributed by atoms with E-state index in [-0.39, 0.29) is 18.8 Å². The number of carboxylic acid groups (broad SMARTS) is 1. The lowest BCUT2D eigenvalue weighted by atomic mass is 9.76. The maximum Gasteiger partial charge on any atom is 0.335 e. The van der Waals surface area contributed by atoms with Gasteiger partial charge in [-0.1, -0.05) is 42.5 Å². The maximum absolute atomic E-state index is 11.0. The number of hydrogen-bond acceptors (Lipinski definition) is 4. The van der Waals surface area contributed by atoms with E-state index in [0.717, 1.165) is 37.0 Å². The fourth-order valence-corrected chi connectivity index (χ4v) is 4.61. The molecule has 2 saturated heterocycles. The highest BCUT2D eigenvalue weighted by Crippen LogP contribution is 2.46. The van der Waals surface area contributed by atoms with E-state index in [9.17, 15) is 9.90 Å². The number of aliphatic hydroxyl groups is 1. The Balaban J connectivity index is 1.32. The lowest BCUT2D eigenvalue weighted by Gasteiger charge is -2.26. The van der Waals surface area contributed by atoms with E-state index in [2.05, 4.69) is 6.08 Å². The molecule has 158 valence electrons. The molecular formula is C25H28O5. The van der Waals surface area contributed by atoms with Gasteiger partial charge in [0.25, 0.3) is 0 Å². The molecule has 2 aromatic carbocycles. The number of fused-ring (bicyclic) bond motifs is 2. The third kappa shape index (κ3) is 4.91. The van der Waals surface area contributed by atoms with Crippen molar-refractivity contribution in [2.24, 2.45) is 11.8 Å². The first-order valence-corrected chi connectivity index (χ1v) is 10.6. The van der Waals surface area contributed by atoms with Crippen LogP contribution in [0.2, 0.25) is 0 Å². The van der Waals surface area contributed by atoms with Crippen LogP contribution in [-0.2, 0) is 11.2 Å². The van der Waals surface area contributed by atoms with Gasteiger partial charge in [0.05, 0.1) is 17.8 Å². The van der Waals surface area contributed by atoms with Crippen molar-refractivity contribution in [2.45, 2.75) is 44.0 Å². The number of aromatic carboxylic acids is 1. The van der Waals surface area contributed by atoms with Crippen molar-refractivity contribution >= 4 is 5.97 Å².